The maximum Gasteiger partial charge on any atom is 0.244 e. The van der Waals surface area contributed by atoms with Gasteiger partial charge in [0.1, 0.15) is 11.6 Å². The number of carbonyl (C=O) groups excluding carboxylic acids is 1. The Morgan fingerprint density at radius 1 is 1.15 bits per heavy atom. The van der Waals surface area contributed by atoms with Crippen LogP contribution in [0.25, 0.3) is 11.0 Å². The first-order valence-corrected chi connectivity index (χ1v) is 8.79. The zero-order valence-corrected chi connectivity index (χ0v) is 15.0. The monoisotopic (exact) mass is 350 g/mol. The molecule has 1 amide bonds. The Bertz CT molecular complexity index is 886. The zero-order valence-electron chi connectivity index (χ0n) is 15.0. The van der Waals surface area contributed by atoms with Gasteiger partial charge in [-0.05, 0) is 43.3 Å². The molecule has 4 rings (SSSR count). The van der Waals surface area contributed by atoms with Crippen molar-refractivity contribution in [3.63, 3.8) is 0 Å². The number of hydrogen-bond donors (Lipinski definition) is 1. The number of benzene rings is 2. The van der Waals surface area contributed by atoms with Crippen LogP contribution in [0, 0.1) is 0 Å². The number of aromatic nitrogens is 2. The first kappa shape index (κ1) is 16.6. The van der Waals surface area contributed by atoms with E-state index in [4.69, 9.17) is 4.74 Å². The Kier molecular flexibility index (Phi) is 4.34. The molecule has 1 unspecified atom stereocenters. The second-order valence-corrected chi connectivity index (χ2v) is 6.53. The van der Waals surface area contributed by atoms with Gasteiger partial charge in [0.25, 0.3) is 0 Å². The summed E-state index contributed by atoms with van der Waals surface area (Å²) in [6, 6.07) is 15.4. The number of fused-ring (bicyclic) bond motifs is 1. The van der Waals surface area contributed by atoms with Crippen LogP contribution < -0.4 is 9.64 Å². The van der Waals surface area contributed by atoms with E-state index in [1.165, 1.54) is 0 Å². The van der Waals surface area contributed by atoms with Crippen molar-refractivity contribution in [2.24, 2.45) is 0 Å². The van der Waals surface area contributed by atoms with E-state index in [0.717, 1.165) is 34.8 Å². The molecule has 1 atom stereocenters. The largest absolute Gasteiger partial charge is 0.497 e. The molecular weight excluding hydrogens is 328 g/mol. The predicted molar refractivity (Wildman–Crippen MR) is 101 cm³/mol. The summed E-state index contributed by atoms with van der Waals surface area (Å²) >= 11 is 0. The topological polar surface area (TPSA) is 61.5 Å². The molecule has 1 aliphatic heterocycles. The highest BCUT2D eigenvalue weighted by Gasteiger charge is 2.32. The van der Waals surface area contributed by atoms with E-state index in [1.807, 2.05) is 60.4 Å². The third-order valence-electron chi connectivity index (χ3n) is 4.96. The lowest BCUT2D eigenvalue weighted by Gasteiger charge is -2.38. The van der Waals surface area contributed by atoms with Gasteiger partial charge in [-0.1, -0.05) is 12.1 Å². The molecule has 0 bridgehead atoms. The van der Waals surface area contributed by atoms with Crippen molar-refractivity contribution in [1.82, 2.24) is 14.9 Å². The molecule has 1 saturated heterocycles. The molecule has 2 heterocycles. The van der Waals surface area contributed by atoms with E-state index < -0.39 is 0 Å². The molecule has 0 spiro atoms. The number of anilines is 1. The quantitative estimate of drug-likeness (QED) is 0.786. The van der Waals surface area contributed by atoms with Crippen LogP contribution >= 0.6 is 0 Å². The molecule has 1 fully saturated rings. The third kappa shape index (κ3) is 3.04. The summed E-state index contributed by atoms with van der Waals surface area (Å²) in [7, 11) is 1.64. The van der Waals surface area contributed by atoms with E-state index in [9.17, 15) is 4.79 Å². The zero-order chi connectivity index (χ0) is 18.1. The van der Waals surface area contributed by atoms with E-state index in [2.05, 4.69) is 14.9 Å². The van der Waals surface area contributed by atoms with Crippen molar-refractivity contribution in [2.45, 2.75) is 19.5 Å². The number of amides is 1. The summed E-state index contributed by atoms with van der Waals surface area (Å²) in [5, 5.41) is 0. The molecule has 1 N–H and O–H groups in total. The first-order chi connectivity index (χ1) is 12.7. The lowest BCUT2D eigenvalue weighted by molar-refractivity contribution is -0.125. The fraction of sp³-hybridized carbons (Fsp3) is 0.300. The average molecular weight is 350 g/mol. The van der Waals surface area contributed by atoms with Gasteiger partial charge in [-0.3, -0.25) is 9.69 Å². The fourth-order valence-electron chi connectivity index (χ4n) is 3.42. The second-order valence-electron chi connectivity index (χ2n) is 6.53. The number of para-hydroxylation sites is 2. The standard InChI is InChI=1S/C20H22N4O2/c1-14-20(25)24(15-7-9-16(26-2)10-8-15)12-11-23(14)13-19-21-17-5-3-4-6-18(17)22-19/h3-10,14H,11-13H2,1-2H3,(H,21,22). The van der Waals surface area contributed by atoms with Crippen molar-refractivity contribution < 1.29 is 9.53 Å². The Morgan fingerprint density at radius 3 is 2.65 bits per heavy atom. The van der Waals surface area contributed by atoms with Gasteiger partial charge in [0, 0.05) is 18.8 Å². The first-order valence-electron chi connectivity index (χ1n) is 8.79. The van der Waals surface area contributed by atoms with Gasteiger partial charge >= 0.3 is 0 Å². The van der Waals surface area contributed by atoms with Crippen LogP contribution in [0.1, 0.15) is 12.7 Å². The van der Waals surface area contributed by atoms with Crippen LogP contribution in [-0.4, -0.2) is 47.0 Å². The number of hydrogen-bond acceptors (Lipinski definition) is 4. The van der Waals surface area contributed by atoms with Crippen LogP contribution in [0.2, 0.25) is 0 Å². The second kappa shape index (κ2) is 6.80. The van der Waals surface area contributed by atoms with Crippen molar-refractivity contribution in [3.8, 4) is 5.75 Å². The Balaban J connectivity index is 1.48. The molecule has 1 aromatic heterocycles. The van der Waals surface area contributed by atoms with Gasteiger partial charge in [0.15, 0.2) is 0 Å². The average Bonchev–Trinajstić information content (AvgIpc) is 3.08. The van der Waals surface area contributed by atoms with Crippen molar-refractivity contribution in [3.05, 3.63) is 54.4 Å². The van der Waals surface area contributed by atoms with Gasteiger partial charge in [-0.2, -0.15) is 0 Å². The molecule has 1 aliphatic rings. The molecule has 0 radical (unpaired) electrons. The highest BCUT2D eigenvalue weighted by molar-refractivity contribution is 5.97. The van der Waals surface area contributed by atoms with Crippen LogP contribution in [-0.2, 0) is 11.3 Å². The highest BCUT2D eigenvalue weighted by atomic mass is 16.5. The molecule has 2 aromatic carbocycles. The van der Waals surface area contributed by atoms with E-state index in [1.54, 1.807) is 7.11 Å². The highest BCUT2D eigenvalue weighted by Crippen LogP contribution is 2.24. The minimum Gasteiger partial charge on any atom is -0.497 e. The lowest BCUT2D eigenvalue weighted by Crippen LogP contribution is -2.55. The molecule has 134 valence electrons. The summed E-state index contributed by atoms with van der Waals surface area (Å²) in [6.07, 6.45) is 0. The summed E-state index contributed by atoms with van der Waals surface area (Å²) < 4.78 is 5.19. The fourth-order valence-corrected chi connectivity index (χ4v) is 3.42. The number of aromatic amines is 1. The molecule has 3 aromatic rings. The van der Waals surface area contributed by atoms with E-state index in [-0.39, 0.29) is 11.9 Å². The number of carbonyl (C=O) groups is 1. The van der Waals surface area contributed by atoms with Crippen LogP contribution in [0.4, 0.5) is 5.69 Å². The smallest absolute Gasteiger partial charge is 0.244 e. The maximum absolute atomic E-state index is 12.9. The number of piperazine rings is 1. The van der Waals surface area contributed by atoms with Gasteiger partial charge in [0.05, 0.1) is 30.7 Å². The van der Waals surface area contributed by atoms with E-state index >= 15 is 0 Å². The number of nitrogens with one attached hydrogen (secondary N) is 1. The molecule has 6 nitrogen and oxygen atoms in total. The minimum atomic E-state index is -0.195. The van der Waals surface area contributed by atoms with Crippen molar-refractivity contribution in [1.29, 1.82) is 0 Å². The molecular formula is C20H22N4O2. The summed E-state index contributed by atoms with van der Waals surface area (Å²) in [4.78, 5) is 24.9. The number of rotatable bonds is 4. The minimum absolute atomic E-state index is 0.109. The molecule has 6 heteroatoms. The van der Waals surface area contributed by atoms with Crippen LogP contribution in [0.3, 0.4) is 0 Å². The van der Waals surface area contributed by atoms with Gasteiger partial charge in [-0.15, -0.1) is 0 Å². The number of nitrogens with zero attached hydrogens (tertiary/aromatic N) is 3. The SMILES string of the molecule is COc1ccc(N2CCN(Cc3nc4ccccc4[nH]3)C(C)C2=O)cc1. The van der Waals surface area contributed by atoms with Crippen LogP contribution in [0.5, 0.6) is 5.75 Å². The number of methoxy groups -OCH3 is 1. The van der Waals surface area contributed by atoms with Gasteiger partial charge < -0.3 is 14.6 Å². The maximum atomic E-state index is 12.9. The summed E-state index contributed by atoms with van der Waals surface area (Å²) in [5.74, 6) is 1.79. The number of ether oxygens (including phenoxy) is 1. The molecule has 0 aliphatic carbocycles. The predicted octanol–water partition coefficient (Wildman–Crippen LogP) is 2.81. The van der Waals surface area contributed by atoms with Gasteiger partial charge in [-0.25, -0.2) is 4.98 Å². The molecule has 0 saturated carbocycles. The van der Waals surface area contributed by atoms with Crippen LogP contribution in [0.15, 0.2) is 48.5 Å². The summed E-state index contributed by atoms with van der Waals surface area (Å²) in [5.41, 5.74) is 2.89. The molecule has 26 heavy (non-hydrogen) atoms. The number of H-pyrrole nitrogens is 1. The number of imidazole rings is 1. The Hall–Kier alpha value is -2.86. The van der Waals surface area contributed by atoms with Crippen molar-refractivity contribution in [2.75, 3.05) is 25.1 Å². The van der Waals surface area contributed by atoms with E-state index in [0.29, 0.717) is 13.1 Å². The third-order valence-corrected chi connectivity index (χ3v) is 4.96. The normalized spacial score (nSPS) is 18.5. The Labute approximate surface area is 152 Å². The Morgan fingerprint density at radius 2 is 1.92 bits per heavy atom. The lowest BCUT2D eigenvalue weighted by atomic mass is 10.1. The van der Waals surface area contributed by atoms with Gasteiger partial charge in [0.2, 0.25) is 5.91 Å². The van der Waals surface area contributed by atoms with Crippen molar-refractivity contribution >= 4 is 22.6 Å². The summed E-state index contributed by atoms with van der Waals surface area (Å²) in [6.45, 7) is 4.06.